The third-order valence-corrected chi connectivity index (χ3v) is 3.21. The summed E-state index contributed by atoms with van der Waals surface area (Å²) in [4.78, 5) is 13.8. The lowest BCUT2D eigenvalue weighted by Crippen LogP contribution is -2.12. The highest BCUT2D eigenvalue weighted by Crippen LogP contribution is 2.27. The first-order chi connectivity index (χ1) is 8.97. The van der Waals surface area contributed by atoms with E-state index in [0.29, 0.717) is 15.4 Å². The van der Waals surface area contributed by atoms with E-state index in [9.17, 15) is 4.79 Å². The van der Waals surface area contributed by atoms with E-state index in [-0.39, 0.29) is 11.7 Å². The average Bonchev–Trinajstić information content (AvgIpc) is 2.75. The summed E-state index contributed by atoms with van der Waals surface area (Å²) in [5.41, 5.74) is 1.51. The molecule has 1 aromatic carbocycles. The highest BCUT2D eigenvalue weighted by Gasteiger charge is 2.11. The number of carbonyl (C=O) groups is 1. The summed E-state index contributed by atoms with van der Waals surface area (Å²) < 4.78 is 5.69. The molecular weight excluding hydrogens is 332 g/mol. The molecule has 100 valence electrons. The molecule has 0 fully saturated rings. The zero-order valence-electron chi connectivity index (χ0n) is 10.4. The Morgan fingerprint density at radius 2 is 2.05 bits per heavy atom. The number of rotatable bonds is 3. The van der Waals surface area contributed by atoms with Crippen molar-refractivity contribution < 1.29 is 9.21 Å². The number of anilines is 2. The van der Waals surface area contributed by atoms with E-state index in [0.717, 1.165) is 5.69 Å². The molecule has 0 radical (unpaired) electrons. The van der Waals surface area contributed by atoms with Crippen molar-refractivity contribution in [3.05, 3.63) is 45.8 Å². The van der Waals surface area contributed by atoms with Gasteiger partial charge in [0, 0.05) is 19.8 Å². The van der Waals surface area contributed by atoms with E-state index in [1.54, 1.807) is 24.3 Å². The van der Waals surface area contributed by atoms with Crippen LogP contribution in [0.15, 0.2) is 39.4 Å². The zero-order chi connectivity index (χ0) is 14.0. The predicted octanol–water partition coefficient (Wildman–Crippen LogP) is 4.01. The van der Waals surface area contributed by atoms with Crippen LogP contribution in [-0.4, -0.2) is 20.0 Å². The molecule has 19 heavy (non-hydrogen) atoms. The minimum Gasteiger partial charge on any atom is -0.444 e. The van der Waals surface area contributed by atoms with Gasteiger partial charge in [-0.05, 0) is 46.3 Å². The Bertz CT molecular complexity index is 610. The fourth-order valence-electron chi connectivity index (χ4n) is 1.58. The first-order valence-corrected chi connectivity index (χ1v) is 6.68. The standard InChI is InChI=1S/C13H12BrClN2O2/c1-17(2)10-4-3-8(7-9(10)15)16-13(18)11-5-6-12(14)19-11/h3-7H,1-2H3,(H,16,18). The Morgan fingerprint density at radius 1 is 1.32 bits per heavy atom. The van der Waals surface area contributed by atoms with E-state index < -0.39 is 0 Å². The van der Waals surface area contributed by atoms with Gasteiger partial charge in [-0.25, -0.2) is 0 Å². The molecule has 0 saturated carbocycles. The summed E-state index contributed by atoms with van der Waals surface area (Å²) in [6.45, 7) is 0. The molecule has 1 heterocycles. The van der Waals surface area contributed by atoms with Crippen LogP contribution >= 0.6 is 27.5 Å². The van der Waals surface area contributed by atoms with Gasteiger partial charge in [-0.2, -0.15) is 0 Å². The van der Waals surface area contributed by atoms with Crippen LogP contribution in [0.1, 0.15) is 10.6 Å². The van der Waals surface area contributed by atoms with E-state index in [1.165, 1.54) is 0 Å². The van der Waals surface area contributed by atoms with Crippen molar-refractivity contribution >= 4 is 44.8 Å². The van der Waals surface area contributed by atoms with Crippen molar-refractivity contribution in [3.8, 4) is 0 Å². The summed E-state index contributed by atoms with van der Waals surface area (Å²) in [5, 5.41) is 3.29. The maximum absolute atomic E-state index is 11.9. The second-order valence-electron chi connectivity index (χ2n) is 4.12. The Balaban J connectivity index is 2.16. The van der Waals surface area contributed by atoms with Gasteiger partial charge in [0.1, 0.15) is 0 Å². The van der Waals surface area contributed by atoms with Gasteiger partial charge >= 0.3 is 0 Å². The predicted molar refractivity (Wildman–Crippen MR) is 80.1 cm³/mol. The van der Waals surface area contributed by atoms with Crippen LogP contribution in [0, 0.1) is 0 Å². The number of carbonyl (C=O) groups excluding carboxylic acids is 1. The number of amides is 1. The Kier molecular flexibility index (Phi) is 4.17. The second kappa shape index (κ2) is 5.67. The largest absolute Gasteiger partial charge is 0.444 e. The van der Waals surface area contributed by atoms with Gasteiger partial charge in [-0.3, -0.25) is 4.79 Å². The van der Waals surface area contributed by atoms with Crippen LogP contribution in [-0.2, 0) is 0 Å². The maximum atomic E-state index is 11.9. The number of halogens is 2. The van der Waals surface area contributed by atoms with Crippen LogP contribution < -0.4 is 10.2 Å². The van der Waals surface area contributed by atoms with Gasteiger partial charge < -0.3 is 14.6 Å². The van der Waals surface area contributed by atoms with Gasteiger partial charge in [0.25, 0.3) is 5.91 Å². The number of nitrogens with one attached hydrogen (secondary N) is 1. The lowest BCUT2D eigenvalue weighted by Gasteiger charge is -2.15. The van der Waals surface area contributed by atoms with Crippen molar-refractivity contribution in [2.75, 3.05) is 24.3 Å². The molecule has 0 atom stereocenters. The highest BCUT2D eigenvalue weighted by atomic mass is 79.9. The van der Waals surface area contributed by atoms with Crippen LogP contribution in [0.3, 0.4) is 0 Å². The Labute approximate surface area is 124 Å². The summed E-state index contributed by atoms with van der Waals surface area (Å²) in [6, 6.07) is 8.59. The lowest BCUT2D eigenvalue weighted by atomic mass is 10.2. The normalized spacial score (nSPS) is 10.3. The molecule has 1 amide bonds. The van der Waals surface area contributed by atoms with E-state index in [2.05, 4.69) is 21.2 Å². The van der Waals surface area contributed by atoms with Crippen LogP contribution in [0.4, 0.5) is 11.4 Å². The molecule has 0 aliphatic carbocycles. The van der Waals surface area contributed by atoms with Crippen LogP contribution in [0.25, 0.3) is 0 Å². The minimum atomic E-state index is -0.320. The molecule has 2 rings (SSSR count). The van der Waals surface area contributed by atoms with Gasteiger partial charge in [0.2, 0.25) is 0 Å². The lowest BCUT2D eigenvalue weighted by molar-refractivity contribution is 0.0995. The molecule has 4 nitrogen and oxygen atoms in total. The van der Waals surface area contributed by atoms with E-state index in [1.807, 2.05) is 25.1 Å². The Hall–Kier alpha value is -1.46. The third kappa shape index (κ3) is 3.30. The van der Waals surface area contributed by atoms with E-state index in [4.69, 9.17) is 16.0 Å². The number of hydrogen-bond donors (Lipinski definition) is 1. The monoisotopic (exact) mass is 342 g/mol. The molecule has 2 aromatic rings. The Morgan fingerprint density at radius 3 is 2.58 bits per heavy atom. The average molecular weight is 344 g/mol. The topological polar surface area (TPSA) is 45.5 Å². The molecule has 0 saturated heterocycles. The smallest absolute Gasteiger partial charge is 0.291 e. The quantitative estimate of drug-likeness (QED) is 0.915. The number of furan rings is 1. The molecule has 1 aromatic heterocycles. The summed E-state index contributed by atoms with van der Waals surface area (Å²) >= 11 is 9.28. The maximum Gasteiger partial charge on any atom is 0.291 e. The molecule has 0 bridgehead atoms. The highest BCUT2D eigenvalue weighted by molar-refractivity contribution is 9.10. The first-order valence-electron chi connectivity index (χ1n) is 5.51. The van der Waals surface area contributed by atoms with Crippen LogP contribution in [0.2, 0.25) is 5.02 Å². The molecule has 1 N–H and O–H groups in total. The number of benzene rings is 1. The van der Waals surface area contributed by atoms with Gasteiger partial charge in [-0.1, -0.05) is 11.6 Å². The molecular formula is C13H12BrClN2O2. The molecule has 0 aliphatic rings. The number of hydrogen-bond acceptors (Lipinski definition) is 3. The van der Waals surface area contributed by atoms with Crippen molar-refractivity contribution in [2.45, 2.75) is 0 Å². The molecule has 6 heteroatoms. The zero-order valence-corrected chi connectivity index (χ0v) is 12.7. The third-order valence-electron chi connectivity index (χ3n) is 2.48. The first kappa shape index (κ1) is 14.0. The van der Waals surface area contributed by atoms with Crippen molar-refractivity contribution in [1.29, 1.82) is 0 Å². The fraction of sp³-hybridized carbons (Fsp3) is 0.154. The van der Waals surface area contributed by atoms with E-state index >= 15 is 0 Å². The van der Waals surface area contributed by atoms with Gasteiger partial charge in [-0.15, -0.1) is 0 Å². The van der Waals surface area contributed by atoms with Gasteiger partial charge in [0.05, 0.1) is 10.7 Å². The molecule has 0 spiro atoms. The summed E-state index contributed by atoms with van der Waals surface area (Å²) in [7, 11) is 3.81. The van der Waals surface area contributed by atoms with Crippen LogP contribution in [0.5, 0.6) is 0 Å². The number of nitrogens with zero attached hydrogens (tertiary/aromatic N) is 1. The van der Waals surface area contributed by atoms with Crippen molar-refractivity contribution in [2.24, 2.45) is 0 Å². The fourth-order valence-corrected chi connectivity index (χ4v) is 2.23. The minimum absolute atomic E-state index is 0.236. The second-order valence-corrected chi connectivity index (χ2v) is 5.31. The SMILES string of the molecule is CN(C)c1ccc(NC(=O)c2ccc(Br)o2)cc1Cl. The van der Waals surface area contributed by atoms with Crippen molar-refractivity contribution in [1.82, 2.24) is 0 Å². The molecule has 0 unspecified atom stereocenters. The molecule has 0 aliphatic heterocycles. The van der Waals surface area contributed by atoms with Crippen molar-refractivity contribution in [3.63, 3.8) is 0 Å². The summed E-state index contributed by atoms with van der Waals surface area (Å²) in [5.74, 6) is -0.0842. The summed E-state index contributed by atoms with van der Waals surface area (Å²) in [6.07, 6.45) is 0. The van der Waals surface area contributed by atoms with Gasteiger partial charge in [0.15, 0.2) is 10.4 Å².